The van der Waals surface area contributed by atoms with Gasteiger partial charge >= 0.3 is 0 Å². The highest BCUT2D eigenvalue weighted by molar-refractivity contribution is 7.86. The molecule has 0 radical (unpaired) electrons. The van der Waals surface area contributed by atoms with Gasteiger partial charge in [-0.1, -0.05) is 17.7 Å². The van der Waals surface area contributed by atoms with Crippen molar-refractivity contribution in [2.45, 2.75) is 30.8 Å². The predicted octanol–water partition coefficient (Wildman–Crippen LogP) is 1.79. The monoisotopic (exact) mass is 281 g/mol. The van der Waals surface area contributed by atoms with E-state index in [9.17, 15) is 8.42 Å². The van der Waals surface area contributed by atoms with E-state index in [0.717, 1.165) is 38.0 Å². The van der Waals surface area contributed by atoms with Crippen LogP contribution in [0.15, 0.2) is 29.2 Å². The van der Waals surface area contributed by atoms with E-state index < -0.39 is 10.1 Å². The third-order valence-corrected chi connectivity index (χ3v) is 5.51. The van der Waals surface area contributed by atoms with Crippen molar-refractivity contribution >= 4 is 10.1 Å². The Morgan fingerprint density at radius 3 is 2.32 bits per heavy atom. The summed E-state index contributed by atoms with van der Waals surface area (Å²) in [5.41, 5.74) is 1.04. The Morgan fingerprint density at radius 2 is 1.79 bits per heavy atom. The van der Waals surface area contributed by atoms with E-state index in [0.29, 0.717) is 5.92 Å². The smallest absolute Gasteiger partial charge is 0.297 e. The highest BCUT2D eigenvalue weighted by Crippen LogP contribution is 2.31. The fourth-order valence-electron chi connectivity index (χ4n) is 2.94. The summed E-state index contributed by atoms with van der Waals surface area (Å²) in [5.74, 6) is 0.394. The van der Waals surface area contributed by atoms with Crippen LogP contribution >= 0.6 is 0 Å². The largest absolute Gasteiger partial charge is 0.301 e. The Morgan fingerprint density at radius 1 is 1.16 bits per heavy atom. The second-order valence-electron chi connectivity index (χ2n) is 5.54. The van der Waals surface area contributed by atoms with Gasteiger partial charge in [0.05, 0.1) is 11.0 Å². The molecule has 0 saturated carbocycles. The lowest BCUT2D eigenvalue weighted by atomic mass is 9.86. The van der Waals surface area contributed by atoms with Crippen LogP contribution in [0, 0.1) is 12.8 Å². The SMILES string of the molecule is Cc1ccc(S(=O)(=O)O[C@@H]2CN3CCC2CC3)cc1. The van der Waals surface area contributed by atoms with E-state index in [1.807, 2.05) is 6.92 Å². The molecule has 4 rings (SSSR count). The maximum atomic E-state index is 12.2. The lowest BCUT2D eigenvalue weighted by Gasteiger charge is -2.43. The van der Waals surface area contributed by atoms with Gasteiger partial charge in [0.15, 0.2) is 0 Å². The molecule has 3 saturated heterocycles. The predicted molar refractivity (Wildman–Crippen MR) is 72.4 cm³/mol. The molecule has 0 amide bonds. The van der Waals surface area contributed by atoms with Gasteiger partial charge < -0.3 is 4.90 Å². The Bertz CT molecular complexity index is 545. The van der Waals surface area contributed by atoms with Crippen LogP contribution in [0.4, 0.5) is 0 Å². The van der Waals surface area contributed by atoms with Crippen LogP contribution in [0.25, 0.3) is 0 Å². The first kappa shape index (κ1) is 13.1. The van der Waals surface area contributed by atoms with Crippen LogP contribution < -0.4 is 0 Å². The molecule has 3 aliphatic rings. The number of hydrogen-bond donors (Lipinski definition) is 0. The standard InChI is InChI=1S/C14H19NO3S/c1-11-2-4-13(5-3-11)19(16,17)18-14-10-15-8-6-12(14)7-9-15/h2-5,12,14H,6-10H2,1H3/t14-/m1/s1. The Labute approximate surface area is 114 Å². The molecule has 104 valence electrons. The molecule has 1 atom stereocenters. The molecule has 3 fully saturated rings. The molecule has 19 heavy (non-hydrogen) atoms. The average molecular weight is 281 g/mol. The van der Waals surface area contributed by atoms with E-state index >= 15 is 0 Å². The number of fused-ring (bicyclic) bond motifs is 3. The number of benzene rings is 1. The zero-order valence-electron chi connectivity index (χ0n) is 11.1. The van der Waals surface area contributed by atoms with Gasteiger partial charge in [-0.05, 0) is 50.9 Å². The summed E-state index contributed by atoms with van der Waals surface area (Å²) in [6.07, 6.45) is 1.93. The van der Waals surface area contributed by atoms with Crippen molar-refractivity contribution in [3.63, 3.8) is 0 Å². The fraction of sp³-hybridized carbons (Fsp3) is 0.571. The van der Waals surface area contributed by atoms with Gasteiger partial charge in [0.1, 0.15) is 0 Å². The summed E-state index contributed by atoms with van der Waals surface area (Å²) >= 11 is 0. The van der Waals surface area contributed by atoms with Crippen LogP contribution in [0.2, 0.25) is 0 Å². The fourth-order valence-corrected chi connectivity index (χ4v) is 4.07. The highest BCUT2D eigenvalue weighted by Gasteiger charge is 2.37. The van der Waals surface area contributed by atoms with Gasteiger partial charge in [0, 0.05) is 6.54 Å². The molecule has 0 unspecified atom stereocenters. The Balaban J connectivity index is 1.76. The van der Waals surface area contributed by atoms with Crippen LogP contribution in [-0.4, -0.2) is 39.1 Å². The molecule has 0 aliphatic carbocycles. The first-order valence-corrected chi connectivity index (χ1v) is 8.18. The van der Waals surface area contributed by atoms with Crippen molar-refractivity contribution in [2.24, 2.45) is 5.92 Å². The summed E-state index contributed by atoms with van der Waals surface area (Å²) in [5, 5.41) is 0. The molecule has 3 heterocycles. The first-order chi connectivity index (χ1) is 9.04. The van der Waals surface area contributed by atoms with Gasteiger partial charge in [-0.2, -0.15) is 8.42 Å². The van der Waals surface area contributed by atoms with E-state index in [1.54, 1.807) is 24.3 Å². The first-order valence-electron chi connectivity index (χ1n) is 6.77. The number of nitrogens with zero attached hydrogens (tertiary/aromatic N) is 1. The van der Waals surface area contributed by atoms with Crippen LogP contribution in [-0.2, 0) is 14.3 Å². The lowest BCUT2D eigenvalue weighted by molar-refractivity contribution is -0.00428. The molecular formula is C14H19NO3S. The second kappa shape index (κ2) is 4.89. The van der Waals surface area contributed by atoms with Crippen molar-refractivity contribution in [3.05, 3.63) is 29.8 Å². The summed E-state index contributed by atoms with van der Waals surface area (Å²) in [4.78, 5) is 2.55. The van der Waals surface area contributed by atoms with Crippen LogP contribution in [0.5, 0.6) is 0 Å². The van der Waals surface area contributed by atoms with Gasteiger partial charge in [-0.15, -0.1) is 0 Å². The van der Waals surface area contributed by atoms with E-state index in [4.69, 9.17) is 4.18 Å². The molecule has 5 heteroatoms. The molecule has 3 aliphatic heterocycles. The van der Waals surface area contributed by atoms with Gasteiger partial charge in [-0.25, -0.2) is 0 Å². The topological polar surface area (TPSA) is 46.6 Å². The van der Waals surface area contributed by atoms with Gasteiger partial charge in [-0.3, -0.25) is 4.18 Å². The second-order valence-corrected chi connectivity index (χ2v) is 7.11. The summed E-state index contributed by atoms with van der Waals surface area (Å²) in [7, 11) is -3.63. The van der Waals surface area contributed by atoms with Crippen LogP contribution in [0.1, 0.15) is 18.4 Å². The van der Waals surface area contributed by atoms with Gasteiger partial charge in [0.2, 0.25) is 0 Å². The van der Waals surface area contributed by atoms with Crippen molar-refractivity contribution in [1.82, 2.24) is 4.90 Å². The maximum Gasteiger partial charge on any atom is 0.297 e. The zero-order chi connectivity index (χ0) is 13.5. The third-order valence-electron chi connectivity index (χ3n) is 4.16. The Kier molecular flexibility index (Phi) is 3.37. The van der Waals surface area contributed by atoms with Crippen molar-refractivity contribution in [2.75, 3.05) is 19.6 Å². The highest BCUT2D eigenvalue weighted by atomic mass is 32.2. The normalized spacial score (nSPS) is 30.5. The minimum Gasteiger partial charge on any atom is -0.301 e. The minimum absolute atomic E-state index is 0.172. The van der Waals surface area contributed by atoms with Crippen molar-refractivity contribution < 1.29 is 12.6 Å². The average Bonchev–Trinajstić information content (AvgIpc) is 2.40. The minimum atomic E-state index is -3.63. The number of piperidine rings is 3. The maximum absolute atomic E-state index is 12.2. The molecule has 1 aromatic rings. The molecule has 0 aromatic heterocycles. The molecule has 0 spiro atoms. The van der Waals surface area contributed by atoms with Crippen LogP contribution in [0.3, 0.4) is 0 Å². The number of rotatable bonds is 3. The summed E-state index contributed by atoms with van der Waals surface area (Å²) in [6.45, 7) is 4.84. The Hall–Kier alpha value is -0.910. The zero-order valence-corrected chi connectivity index (χ0v) is 11.9. The quantitative estimate of drug-likeness (QED) is 0.793. The van der Waals surface area contributed by atoms with E-state index in [2.05, 4.69) is 4.90 Å². The lowest BCUT2D eigenvalue weighted by Crippen LogP contribution is -2.51. The summed E-state index contributed by atoms with van der Waals surface area (Å²) < 4.78 is 30.0. The molecular weight excluding hydrogens is 262 g/mol. The van der Waals surface area contributed by atoms with Crippen molar-refractivity contribution in [1.29, 1.82) is 0 Å². The number of aryl methyl sites for hydroxylation is 1. The van der Waals surface area contributed by atoms with E-state index in [1.165, 1.54) is 0 Å². The molecule has 0 N–H and O–H groups in total. The third kappa shape index (κ3) is 2.68. The molecule has 2 bridgehead atoms. The molecule has 1 aromatic carbocycles. The van der Waals surface area contributed by atoms with Gasteiger partial charge in [0.25, 0.3) is 10.1 Å². The molecule has 4 nitrogen and oxygen atoms in total. The summed E-state index contributed by atoms with van der Waals surface area (Å²) in [6, 6.07) is 6.83. The van der Waals surface area contributed by atoms with E-state index in [-0.39, 0.29) is 11.0 Å². The van der Waals surface area contributed by atoms with Crippen molar-refractivity contribution in [3.8, 4) is 0 Å². The number of hydrogen-bond acceptors (Lipinski definition) is 4.